The maximum Gasteiger partial charge on any atom is 0.193 e. The summed E-state index contributed by atoms with van der Waals surface area (Å²) in [5.41, 5.74) is 1.16. The van der Waals surface area contributed by atoms with E-state index in [1.807, 2.05) is 19.2 Å². The number of aliphatic imine (C=N–C) groups is 1. The Morgan fingerprint density at radius 1 is 1.48 bits per heavy atom. The van der Waals surface area contributed by atoms with Gasteiger partial charge in [-0.25, -0.2) is 4.39 Å². The molecule has 128 valence electrons. The number of nitrogens with zero attached hydrogens (tertiary/aromatic N) is 2. The molecule has 0 aliphatic heterocycles. The quantitative estimate of drug-likeness (QED) is 0.233. The summed E-state index contributed by atoms with van der Waals surface area (Å²) in [6.45, 7) is 5.49. The average Bonchev–Trinajstić information content (AvgIpc) is 3.29. The Hall–Kier alpha value is -1.11. The number of guanidine groups is 1. The molecular weight excluding hydrogens is 404 g/mol. The van der Waals surface area contributed by atoms with Crippen molar-refractivity contribution in [2.24, 2.45) is 4.99 Å². The van der Waals surface area contributed by atoms with E-state index < -0.39 is 0 Å². The van der Waals surface area contributed by atoms with Crippen LogP contribution in [0.4, 0.5) is 4.39 Å². The molecule has 1 aliphatic rings. The predicted octanol–water partition coefficient (Wildman–Crippen LogP) is 3.95. The lowest BCUT2D eigenvalue weighted by molar-refractivity contribution is 0.464. The molecule has 1 aromatic rings. The summed E-state index contributed by atoms with van der Waals surface area (Å²) >= 11 is 0. The van der Waals surface area contributed by atoms with Crippen LogP contribution in [0.15, 0.2) is 41.9 Å². The van der Waals surface area contributed by atoms with Gasteiger partial charge in [0.15, 0.2) is 5.96 Å². The van der Waals surface area contributed by atoms with Gasteiger partial charge in [0.25, 0.3) is 0 Å². The smallest absolute Gasteiger partial charge is 0.193 e. The number of halogens is 2. The Morgan fingerprint density at radius 3 is 2.78 bits per heavy atom. The molecule has 0 atom stereocenters. The van der Waals surface area contributed by atoms with Crippen LogP contribution in [0.1, 0.15) is 31.2 Å². The predicted molar refractivity (Wildman–Crippen MR) is 106 cm³/mol. The fourth-order valence-corrected chi connectivity index (χ4v) is 2.75. The molecule has 1 saturated carbocycles. The van der Waals surface area contributed by atoms with E-state index in [9.17, 15) is 4.39 Å². The van der Waals surface area contributed by atoms with Gasteiger partial charge in [0.1, 0.15) is 5.82 Å². The number of nitrogens with one attached hydrogen (secondary N) is 1. The lowest BCUT2D eigenvalue weighted by atomic mass is 9.96. The Bertz CT molecular complexity index is 541. The zero-order valence-corrected chi connectivity index (χ0v) is 16.3. The van der Waals surface area contributed by atoms with Crippen LogP contribution in [0.2, 0.25) is 0 Å². The molecule has 23 heavy (non-hydrogen) atoms. The molecule has 1 aliphatic carbocycles. The maximum absolute atomic E-state index is 13.4. The SMILES string of the molecule is C=CCCCN(C)C(=NC)NCC1(c2cccc(F)c2)CC1.I. The van der Waals surface area contributed by atoms with Crippen molar-refractivity contribution in [2.45, 2.75) is 31.1 Å². The molecular formula is C18H27FIN3. The molecule has 0 saturated heterocycles. The van der Waals surface area contributed by atoms with Gasteiger partial charge in [0.2, 0.25) is 0 Å². The van der Waals surface area contributed by atoms with E-state index in [0.717, 1.165) is 50.3 Å². The van der Waals surface area contributed by atoms with Crippen LogP contribution >= 0.6 is 24.0 Å². The van der Waals surface area contributed by atoms with Gasteiger partial charge in [-0.3, -0.25) is 4.99 Å². The van der Waals surface area contributed by atoms with E-state index in [4.69, 9.17) is 0 Å². The molecule has 0 spiro atoms. The van der Waals surface area contributed by atoms with Crippen LogP contribution in [0.3, 0.4) is 0 Å². The molecule has 0 heterocycles. The Labute approximate surface area is 156 Å². The number of hydrogen-bond donors (Lipinski definition) is 1. The van der Waals surface area contributed by atoms with Crippen molar-refractivity contribution in [3.8, 4) is 0 Å². The average molecular weight is 431 g/mol. The zero-order chi connectivity index (χ0) is 16.0. The van der Waals surface area contributed by atoms with Crippen molar-refractivity contribution in [1.82, 2.24) is 10.2 Å². The summed E-state index contributed by atoms with van der Waals surface area (Å²) in [5.74, 6) is 0.737. The Balaban J connectivity index is 0.00000264. The first-order chi connectivity index (χ1) is 10.6. The number of benzene rings is 1. The summed E-state index contributed by atoms with van der Waals surface area (Å²) in [6.07, 6.45) is 6.21. The van der Waals surface area contributed by atoms with Gasteiger partial charge in [0.05, 0.1) is 0 Å². The third kappa shape index (κ3) is 5.48. The number of unbranched alkanes of at least 4 members (excludes halogenated alkanes) is 1. The largest absolute Gasteiger partial charge is 0.355 e. The van der Waals surface area contributed by atoms with Crippen molar-refractivity contribution >= 4 is 29.9 Å². The topological polar surface area (TPSA) is 27.6 Å². The van der Waals surface area contributed by atoms with E-state index in [1.54, 1.807) is 19.2 Å². The van der Waals surface area contributed by atoms with Gasteiger partial charge in [0, 0.05) is 32.6 Å². The highest BCUT2D eigenvalue weighted by Crippen LogP contribution is 2.47. The number of allylic oxidation sites excluding steroid dienone is 1. The summed E-state index contributed by atoms with van der Waals surface area (Å²) in [7, 11) is 3.84. The number of hydrogen-bond acceptors (Lipinski definition) is 1. The van der Waals surface area contributed by atoms with Crippen molar-refractivity contribution in [2.75, 3.05) is 27.2 Å². The van der Waals surface area contributed by atoms with Gasteiger partial charge in [-0.15, -0.1) is 30.6 Å². The highest BCUT2D eigenvalue weighted by atomic mass is 127. The molecule has 1 fully saturated rings. The van der Waals surface area contributed by atoms with E-state index in [2.05, 4.69) is 21.8 Å². The van der Waals surface area contributed by atoms with Gasteiger partial charge in [-0.2, -0.15) is 0 Å². The molecule has 0 unspecified atom stereocenters. The van der Waals surface area contributed by atoms with E-state index >= 15 is 0 Å². The summed E-state index contributed by atoms with van der Waals surface area (Å²) in [6, 6.07) is 6.97. The highest BCUT2D eigenvalue weighted by Gasteiger charge is 2.44. The third-order valence-electron chi connectivity index (χ3n) is 4.35. The fraction of sp³-hybridized carbons (Fsp3) is 0.500. The molecule has 0 amide bonds. The monoisotopic (exact) mass is 431 g/mol. The molecule has 0 bridgehead atoms. The molecule has 0 radical (unpaired) electrons. The fourth-order valence-electron chi connectivity index (χ4n) is 2.75. The van der Waals surface area contributed by atoms with E-state index in [1.165, 1.54) is 6.07 Å². The minimum absolute atomic E-state index is 0. The molecule has 3 nitrogen and oxygen atoms in total. The minimum atomic E-state index is -0.158. The maximum atomic E-state index is 13.4. The molecule has 5 heteroatoms. The van der Waals surface area contributed by atoms with Crippen LogP contribution in [0.25, 0.3) is 0 Å². The van der Waals surface area contributed by atoms with Crippen LogP contribution in [-0.4, -0.2) is 38.0 Å². The van der Waals surface area contributed by atoms with Crippen molar-refractivity contribution in [3.63, 3.8) is 0 Å². The molecule has 0 aromatic heterocycles. The second-order valence-electron chi connectivity index (χ2n) is 6.04. The highest BCUT2D eigenvalue weighted by molar-refractivity contribution is 14.0. The summed E-state index contributed by atoms with van der Waals surface area (Å²) in [4.78, 5) is 6.47. The minimum Gasteiger partial charge on any atom is -0.355 e. The van der Waals surface area contributed by atoms with Crippen LogP contribution in [0.5, 0.6) is 0 Å². The Morgan fingerprint density at radius 2 is 2.22 bits per heavy atom. The van der Waals surface area contributed by atoms with Crippen LogP contribution in [0, 0.1) is 5.82 Å². The van der Waals surface area contributed by atoms with Gasteiger partial charge < -0.3 is 10.2 Å². The third-order valence-corrected chi connectivity index (χ3v) is 4.35. The first kappa shape index (κ1) is 19.9. The summed E-state index contributed by atoms with van der Waals surface area (Å²) < 4.78 is 13.4. The van der Waals surface area contributed by atoms with Crippen molar-refractivity contribution < 1.29 is 4.39 Å². The van der Waals surface area contributed by atoms with Crippen LogP contribution < -0.4 is 5.32 Å². The normalized spacial score (nSPS) is 15.5. The molecule has 1 aromatic carbocycles. The van der Waals surface area contributed by atoms with Gasteiger partial charge in [-0.05, 0) is 43.4 Å². The van der Waals surface area contributed by atoms with Gasteiger partial charge in [-0.1, -0.05) is 18.2 Å². The van der Waals surface area contributed by atoms with Crippen molar-refractivity contribution in [3.05, 3.63) is 48.3 Å². The van der Waals surface area contributed by atoms with E-state index in [-0.39, 0.29) is 35.2 Å². The number of rotatable bonds is 7. The lowest BCUT2D eigenvalue weighted by Crippen LogP contribution is -2.42. The summed E-state index contributed by atoms with van der Waals surface area (Å²) in [5, 5.41) is 3.44. The first-order valence-electron chi connectivity index (χ1n) is 7.90. The standard InChI is InChI=1S/C18H26FN3.HI/c1-4-5-6-12-22(3)17(20-2)21-14-18(10-11-18)15-8-7-9-16(19)13-15;/h4,7-9,13H,1,5-6,10-12,14H2,2-3H3,(H,20,21);1H. The van der Waals surface area contributed by atoms with Crippen LogP contribution in [-0.2, 0) is 5.41 Å². The Kier molecular flexibility index (Phi) is 8.02. The van der Waals surface area contributed by atoms with E-state index in [0.29, 0.717) is 0 Å². The second-order valence-corrected chi connectivity index (χ2v) is 6.04. The van der Waals surface area contributed by atoms with Crippen molar-refractivity contribution in [1.29, 1.82) is 0 Å². The molecule has 1 N–H and O–H groups in total. The van der Waals surface area contributed by atoms with Gasteiger partial charge >= 0.3 is 0 Å². The second kappa shape index (κ2) is 9.25. The first-order valence-corrected chi connectivity index (χ1v) is 7.90. The molecule has 2 rings (SSSR count). The zero-order valence-electron chi connectivity index (χ0n) is 14.0. The lowest BCUT2D eigenvalue weighted by Gasteiger charge is -2.24.